The van der Waals surface area contributed by atoms with Crippen LogP contribution in [0.2, 0.25) is 0 Å². The van der Waals surface area contributed by atoms with E-state index in [1.807, 2.05) is 6.92 Å². The van der Waals surface area contributed by atoms with Gasteiger partial charge in [0.05, 0.1) is 19.6 Å². The summed E-state index contributed by atoms with van der Waals surface area (Å²) >= 11 is 0. The maximum absolute atomic E-state index is 11.4. The number of carbonyl (C=O) groups is 2. The molecular weight excluding hydrogens is 220 g/mol. The first-order valence-corrected chi connectivity index (χ1v) is 6.22. The van der Waals surface area contributed by atoms with Gasteiger partial charge in [0.1, 0.15) is 0 Å². The third-order valence-corrected chi connectivity index (χ3v) is 3.42. The second kappa shape index (κ2) is 6.59. The van der Waals surface area contributed by atoms with Crippen molar-refractivity contribution < 1.29 is 14.3 Å². The molecule has 0 spiro atoms. The van der Waals surface area contributed by atoms with Gasteiger partial charge in [0.15, 0.2) is 0 Å². The number of ether oxygens (including phenoxy) is 1. The van der Waals surface area contributed by atoms with E-state index in [9.17, 15) is 9.59 Å². The molecule has 98 valence electrons. The number of piperidine rings is 1. The number of nitrogens with zero attached hydrogens (tertiary/aromatic N) is 1. The highest BCUT2D eigenvalue weighted by Gasteiger charge is 2.32. The fourth-order valence-corrected chi connectivity index (χ4v) is 2.53. The zero-order valence-electron chi connectivity index (χ0n) is 10.6. The molecule has 1 amide bonds. The molecule has 0 aromatic carbocycles. The highest BCUT2D eigenvalue weighted by Crippen LogP contribution is 2.23. The maximum Gasteiger partial charge on any atom is 0.307 e. The lowest BCUT2D eigenvalue weighted by molar-refractivity contribution is -0.143. The van der Waals surface area contributed by atoms with Crippen molar-refractivity contribution in [1.29, 1.82) is 0 Å². The SMILES string of the molecule is CCC(C(N)=O)N1CCCCC1CC(=O)OC. The Hall–Kier alpha value is -1.10. The summed E-state index contributed by atoms with van der Waals surface area (Å²) < 4.78 is 4.69. The molecule has 2 unspecified atom stereocenters. The van der Waals surface area contributed by atoms with Gasteiger partial charge in [-0.05, 0) is 25.8 Å². The molecule has 0 saturated carbocycles. The maximum atomic E-state index is 11.4. The van der Waals surface area contributed by atoms with Gasteiger partial charge >= 0.3 is 5.97 Å². The number of methoxy groups -OCH3 is 1. The molecule has 0 aromatic rings. The number of carbonyl (C=O) groups excluding carboxylic acids is 2. The summed E-state index contributed by atoms with van der Waals surface area (Å²) in [5, 5.41) is 0. The summed E-state index contributed by atoms with van der Waals surface area (Å²) in [6.45, 7) is 2.78. The Labute approximate surface area is 102 Å². The van der Waals surface area contributed by atoms with Crippen LogP contribution in [0.15, 0.2) is 0 Å². The largest absolute Gasteiger partial charge is 0.469 e. The van der Waals surface area contributed by atoms with E-state index < -0.39 is 0 Å². The van der Waals surface area contributed by atoms with E-state index in [1.54, 1.807) is 0 Å². The first-order valence-electron chi connectivity index (χ1n) is 6.22. The molecule has 0 radical (unpaired) electrons. The molecule has 1 rings (SSSR count). The van der Waals surface area contributed by atoms with Gasteiger partial charge in [-0.25, -0.2) is 0 Å². The molecule has 0 bridgehead atoms. The van der Waals surface area contributed by atoms with Gasteiger partial charge in [-0.2, -0.15) is 0 Å². The number of esters is 1. The van der Waals surface area contributed by atoms with Crippen LogP contribution in [0.3, 0.4) is 0 Å². The van der Waals surface area contributed by atoms with E-state index in [2.05, 4.69) is 4.90 Å². The Morgan fingerprint density at radius 3 is 2.71 bits per heavy atom. The van der Waals surface area contributed by atoms with E-state index >= 15 is 0 Å². The molecule has 5 heteroatoms. The molecule has 1 saturated heterocycles. The average Bonchev–Trinajstić information content (AvgIpc) is 2.31. The minimum atomic E-state index is -0.302. The Kier molecular flexibility index (Phi) is 5.41. The molecule has 1 heterocycles. The first kappa shape index (κ1) is 14.0. The van der Waals surface area contributed by atoms with Crippen LogP contribution < -0.4 is 5.73 Å². The Balaban J connectivity index is 2.70. The van der Waals surface area contributed by atoms with Crippen LogP contribution in [0.1, 0.15) is 39.0 Å². The predicted molar refractivity (Wildman–Crippen MR) is 64.3 cm³/mol. The number of nitrogens with two attached hydrogens (primary N) is 1. The number of rotatable bonds is 5. The van der Waals surface area contributed by atoms with Crippen molar-refractivity contribution in [3.8, 4) is 0 Å². The fourth-order valence-electron chi connectivity index (χ4n) is 2.53. The third-order valence-electron chi connectivity index (χ3n) is 3.42. The van der Waals surface area contributed by atoms with Gasteiger partial charge in [-0.1, -0.05) is 13.3 Å². The van der Waals surface area contributed by atoms with Crippen LogP contribution in [-0.2, 0) is 14.3 Å². The zero-order chi connectivity index (χ0) is 12.8. The first-order chi connectivity index (χ1) is 8.10. The lowest BCUT2D eigenvalue weighted by Gasteiger charge is -2.39. The number of amides is 1. The molecular formula is C12H22N2O3. The third kappa shape index (κ3) is 3.70. The second-order valence-corrected chi connectivity index (χ2v) is 4.49. The van der Waals surface area contributed by atoms with Gasteiger partial charge in [-0.15, -0.1) is 0 Å². The number of hydrogen-bond acceptors (Lipinski definition) is 4. The van der Waals surface area contributed by atoms with Gasteiger partial charge in [0.2, 0.25) is 5.91 Å². The van der Waals surface area contributed by atoms with Crippen molar-refractivity contribution in [3.05, 3.63) is 0 Å². The highest BCUT2D eigenvalue weighted by molar-refractivity contribution is 5.80. The van der Waals surface area contributed by atoms with Crippen molar-refractivity contribution in [3.63, 3.8) is 0 Å². The Bertz CT molecular complexity index is 281. The molecule has 5 nitrogen and oxygen atoms in total. The molecule has 1 aliphatic heterocycles. The Morgan fingerprint density at radius 1 is 1.47 bits per heavy atom. The van der Waals surface area contributed by atoms with Gasteiger partial charge in [0.25, 0.3) is 0 Å². The van der Waals surface area contributed by atoms with E-state index in [4.69, 9.17) is 10.5 Å². The van der Waals surface area contributed by atoms with E-state index in [-0.39, 0.29) is 24.0 Å². The summed E-state index contributed by atoms with van der Waals surface area (Å²) in [5.74, 6) is -0.523. The van der Waals surface area contributed by atoms with Crippen molar-refractivity contribution in [1.82, 2.24) is 4.90 Å². The number of likely N-dealkylation sites (tertiary alicyclic amines) is 1. The van der Waals surface area contributed by atoms with E-state index in [0.717, 1.165) is 25.8 Å². The highest BCUT2D eigenvalue weighted by atomic mass is 16.5. The minimum Gasteiger partial charge on any atom is -0.469 e. The summed E-state index contributed by atoms with van der Waals surface area (Å²) in [6.07, 6.45) is 4.11. The average molecular weight is 242 g/mol. The predicted octanol–water partition coefficient (Wildman–Crippen LogP) is 0.668. The summed E-state index contributed by atoms with van der Waals surface area (Å²) in [4.78, 5) is 24.8. The smallest absolute Gasteiger partial charge is 0.307 e. The second-order valence-electron chi connectivity index (χ2n) is 4.49. The lowest BCUT2D eigenvalue weighted by atomic mass is 9.96. The van der Waals surface area contributed by atoms with Gasteiger partial charge < -0.3 is 10.5 Å². The molecule has 1 aliphatic rings. The molecule has 0 aliphatic carbocycles. The topological polar surface area (TPSA) is 72.6 Å². The minimum absolute atomic E-state index is 0.0913. The number of hydrogen-bond donors (Lipinski definition) is 1. The van der Waals surface area contributed by atoms with Crippen LogP contribution in [0.25, 0.3) is 0 Å². The van der Waals surface area contributed by atoms with Crippen molar-refractivity contribution >= 4 is 11.9 Å². The van der Waals surface area contributed by atoms with Gasteiger partial charge in [0, 0.05) is 6.04 Å². The molecule has 0 aromatic heterocycles. The van der Waals surface area contributed by atoms with Crippen molar-refractivity contribution in [2.45, 2.75) is 51.1 Å². The Morgan fingerprint density at radius 2 is 2.18 bits per heavy atom. The van der Waals surface area contributed by atoms with Crippen LogP contribution in [0.4, 0.5) is 0 Å². The molecule has 2 N–H and O–H groups in total. The van der Waals surface area contributed by atoms with Crippen LogP contribution in [-0.4, -0.2) is 42.5 Å². The van der Waals surface area contributed by atoms with Crippen LogP contribution in [0, 0.1) is 0 Å². The molecule has 17 heavy (non-hydrogen) atoms. The standard InChI is InChI=1S/C12H22N2O3/c1-3-10(12(13)16)14-7-5-4-6-9(14)8-11(15)17-2/h9-10H,3-8H2,1-2H3,(H2,13,16). The number of primary amides is 1. The van der Waals surface area contributed by atoms with Crippen LogP contribution >= 0.6 is 0 Å². The quantitative estimate of drug-likeness (QED) is 0.719. The summed E-state index contributed by atoms with van der Waals surface area (Å²) in [5.41, 5.74) is 5.41. The lowest BCUT2D eigenvalue weighted by Crippen LogP contribution is -2.52. The van der Waals surface area contributed by atoms with E-state index in [1.165, 1.54) is 7.11 Å². The molecule has 1 fully saturated rings. The van der Waals surface area contributed by atoms with Crippen molar-refractivity contribution in [2.75, 3.05) is 13.7 Å². The van der Waals surface area contributed by atoms with Crippen molar-refractivity contribution in [2.24, 2.45) is 5.73 Å². The van der Waals surface area contributed by atoms with E-state index in [0.29, 0.717) is 12.8 Å². The van der Waals surface area contributed by atoms with Gasteiger partial charge in [-0.3, -0.25) is 14.5 Å². The zero-order valence-corrected chi connectivity index (χ0v) is 10.6. The summed E-state index contributed by atoms with van der Waals surface area (Å²) in [7, 11) is 1.39. The fraction of sp³-hybridized carbons (Fsp3) is 0.833. The molecule has 2 atom stereocenters. The normalized spacial score (nSPS) is 23.1. The van der Waals surface area contributed by atoms with Crippen LogP contribution in [0.5, 0.6) is 0 Å². The summed E-state index contributed by atoms with van der Waals surface area (Å²) in [6, 6.07) is -0.168. The monoisotopic (exact) mass is 242 g/mol.